The van der Waals surface area contributed by atoms with E-state index in [1.165, 1.54) is 16.8 Å². The monoisotopic (exact) mass is 374 g/mol. The Bertz CT molecular complexity index is 934. The summed E-state index contributed by atoms with van der Waals surface area (Å²) in [5.41, 5.74) is 5.75. The third-order valence-electron chi connectivity index (χ3n) is 5.18. The highest BCUT2D eigenvalue weighted by Gasteiger charge is 2.19. The number of benzene rings is 2. The van der Waals surface area contributed by atoms with Gasteiger partial charge < -0.3 is 15.1 Å². The summed E-state index contributed by atoms with van der Waals surface area (Å²) in [4.78, 5) is 16.9. The molecule has 1 aliphatic heterocycles. The number of anilines is 2. The number of nitrogens with one attached hydrogen (secondary N) is 1. The Kier molecular flexibility index (Phi) is 6.00. The van der Waals surface area contributed by atoms with E-state index in [1.54, 1.807) is 6.20 Å². The first-order valence-electron chi connectivity index (χ1n) is 9.53. The van der Waals surface area contributed by atoms with Gasteiger partial charge in [0.1, 0.15) is 11.6 Å². The van der Waals surface area contributed by atoms with Gasteiger partial charge >= 0.3 is 0 Å². The fourth-order valence-electron chi connectivity index (χ4n) is 3.41. The molecule has 0 aromatic heterocycles. The van der Waals surface area contributed by atoms with Gasteiger partial charge in [-0.05, 0) is 55.7 Å². The molecule has 5 heteroatoms. The first-order valence-corrected chi connectivity index (χ1v) is 9.53. The number of nitriles is 1. The van der Waals surface area contributed by atoms with Crippen molar-refractivity contribution in [1.29, 1.82) is 5.26 Å². The Labute approximate surface area is 166 Å². The van der Waals surface area contributed by atoms with E-state index in [-0.39, 0.29) is 11.5 Å². The fraction of sp³-hybridized carbons (Fsp3) is 0.304. The van der Waals surface area contributed by atoms with Crippen molar-refractivity contribution >= 4 is 17.3 Å². The van der Waals surface area contributed by atoms with Crippen LogP contribution < -0.4 is 10.2 Å². The highest BCUT2D eigenvalue weighted by Crippen LogP contribution is 2.24. The lowest BCUT2D eigenvalue weighted by atomic mass is 10.1. The number of hydrogen-bond acceptors (Lipinski definition) is 4. The summed E-state index contributed by atoms with van der Waals surface area (Å²) in [5, 5.41) is 12.2. The first-order chi connectivity index (χ1) is 13.5. The van der Waals surface area contributed by atoms with E-state index in [4.69, 9.17) is 0 Å². The third-order valence-corrected chi connectivity index (χ3v) is 5.18. The summed E-state index contributed by atoms with van der Waals surface area (Å²) in [5.74, 6) is -0.370. The standard InChI is InChI=1S/C23H26N4O/c1-17-6-4-8-21(14-17)25-23(28)20(15-24)16-26-10-12-27(13-11-26)22-9-5-7-18(2)19(22)3/h4-9,14,16H,10-13H2,1-3H3,(H,25,28)/b20-16-. The molecule has 0 aliphatic carbocycles. The molecular weight excluding hydrogens is 348 g/mol. The highest BCUT2D eigenvalue weighted by atomic mass is 16.1. The second-order valence-electron chi connectivity index (χ2n) is 7.22. The van der Waals surface area contributed by atoms with E-state index in [2.05, 4.69) is 47.2 Å². The van der Waals surface area contributed by atoms with E-state index in [9.17, 15) is 10.1 Å². The van der Waals surface area contributed by atoms with Gasteiger partial charge in [-0.2, -0.15) is 5.26 Å². The van der Waals surface area contributed by atoms with Gasteiger partial charge in [0.15, 0.2) is 0 Å². The average Bonchev–Trinajstić information content (AvgIpc) is 2.69. The van der Waals surface area contributed by atoms with Crippen LogP contribution in [0.1, 0.15) is 16.7 Å². The number of rotatable bonds is 4. The minimum Gasteiger partial charge on any atom is -0.373 e. The molecule has 1 fully saturated rings. The number of carbonyl (C=O) groups excluding carboxylic acids is 1. The number of aryl methyl sites for hydroxylation is 2. The maximum Gasteiger partial charge on any atom is 0.267 e. The van der Waals surface area contributed by atoms with Crippen molar-refractivity contribution in [2.45, 2.75) is 20.8 Å². The molecule has 1 aliphatic rings. The maximum absolute atomic E-state index is 12.5. The van der Waals surface area contributed by atoms with Crippen molar-refractivity contribution in [3.05, 3.63) is 70.9 Å². The van der Waals surface area contributed by atoms with Crippen molar-refractivity contribution in [2.75, 3.05) is 36.4 Å². The quantitative estimate of drug-likeness (QED) is 0.654. The Hall–Kier alpha value is -3.26. The predicted molar refractivity (Wildman–Crippen MR) is 113 cm³/mol. The predicted octanol–water partition coefficient (Wildman–Crippen LogP) is 3.78. The molecule has 144 valence electrons. The highest BCUT2D eigenvalue weighted by molar-refractivity contribution is 6.06. The van der Waals surface area contributed by atoms with E-state index in [1.807, 2.05) is 37.3 Å². The van der Waals surface area contributed by atoms with Crippen LogP contribution in [-0.2, 0) is 4.79 Å². The maximum atomic E-state index is 12.5. The van der Waals surface area contributed by atoms with Gasteiger partial charge in [-0.25, -0.2) is 0 Å². The fourth-order valence-corrected chi connectivity index (χ4v) is 3.41. The van der Waals surface area contributed by atoms with Gasteiger partial charge in [-0.15, -0.1) is 0 Å². The van der Waals surface area contributed by atoms with Gasteiger partial charge in [0.2, 0.25) is 0 Å². The normalized spacial score (nSPS) is 14.6. The molecule has 0 bridgehead atoms. The van der Waals surface area contributed by atoms with Crippen LogP contribution in [0.3, 0.4) is 0 Å². The molecule has 2 aromatic rings. The summed E-state index contributed by atoms with van der Waals surface area (Å²) in [6.45, 7) is 9.51. The average molecular weight is 374 g/mol. The first kappa shape index (κ1) is 19.5. The summed E-state index contributed by atoms with van der Waals surface area (Å²) in [6, 6.07) is 16.0. The molecule has 0 atom stereocenters. The molecule has 0 unspecified atom stereocenters. The number of hydrogen-bond donors (Lipinski definition) is 1. The Balaban J connectivity index is 1.64. The van der Waals surface area contributed by atoms with Crippen LogP contribution in [0.15, 0.2) is 54.2 Å². The van der Waals surface area contributed by atoms with Crippen molar-refractivity contribution in [3.63, 3.8) is 0 Å². The molecule has 3 rings (SSSR count). The van der Waals surface area contributed by atoms with Crippen LogP contribution in [0.25, 0.3) is 0 Å². The van der Waals surface area contributed by atoms with Crippen molar-refractivity contribution in [1.82, 2.24) is 4.90 Å². The topological polar surface area (TPSA) is 59.4 Å². The zero-order valence-corrected chi connectivity index (χ0v) is 16.7. The van der Waals surface area contributed by atoms with Crippen molar-refractivity contribution in [3.8, 4) is 6.07 Å². The Morgan fingerprint density at radius 1 is 1.07 bits per heavy atom. The van der Waals surface area contributed by atoms with Crippen molar-refractivity contribution < 1.29 is 4.79 Å². The molecule has 1 saturated heterocycles. The van der Waals surface area contributed by atoms with Crippen LogP contribution in [0.5, 0.6) is 0 Å². The molecule has 1 amide bonds. The molecule has 1 N–H and O–H groups in total. The minimum atomic E-state index is -0.370. The number of piperazine rings is 1. The van der Waals surface area contributed by atoms with E-state index >= 15 is 0 Å². The van der Waals surface area contributed by atoms with E-state index in [0.717, 1.165) is 31.7 Å². The second-order valence-corrected chi connectivity index (χ2v) is 7.22. The van der Waals surface area contributed by atoms with Gasteiger partial charge in [0.25, 0.3) is 5.91 Å². The molecule has 1 heterocycles. The van der Waals surface area contributed by atoms with Gasteiger partial charge in [-0.3, -0.25) is 4.79 Å². The van der Waals surface area contributed by atoms with E-state index < -0.39 is 0 Å². The molecule has 2 aromatic carbocycles. The lowest BCUT2D eigenvalue weighted by Gasteiger charge is -2.36. The minimum absolute atomic E-state index is 0.127. The molecular formula is C23H26N4O. The van der Waals surface area contributed by atoms with Crippen LogP contribution >= 0.6 is 0 Å². The molecule has 0 saturated carbocycles. The molecule has 5 nitrogen and oxygen atoms in total. The summed E-state index contributed by atoms with van der Waals surface area (Å²) >= 11 is 0. The Morgan fingerprint density at radius 2 is 1.79 bits per heavy atom. The second kappa shape index (κ2) is 8.62. The summed E-state index contributed by atoms with van der Waals surface area (Å²) < 4.78 is 0. The van der Waals surface area contributed by atoms with Crippen LogP contribution in [0.4, 0.5) is 11.4 Å². The lowest BCUT2D eigenvalue weighted by molar-refractivity contribution is -0.112. The third kappa shape index (κ3) is 4.52. The Morgan fingerprint density at radius 3 is 2.46 bits per heavy atom. The number of amides is 1. The summed E-state index contributed by atoms with van der Waals surface area (Å²) in [6.07, 6.45) is 1.69. The molecule has 28 heavy (non-hydrogen) atoms. The van der Waals surface area contributed by atoms with Gasteiger partial charge in [-0.1, -0.05) is 24.3 Å². The van der Waals surface area contributed by atoms with Gasteiger partial charge in [0.05, 0.1) is 0 Å². The zero-order chi connectivity index (χ0) is 20.1. The largest absolute Gasteiger partial charge is 0.373 e. The summed E-state index contributed by atoms with van der Waals surface area (Å²) in [7, 11) is 0. The smallest absolute Gasteiger partial charge is 0.267 e. The SMILES string of the molecule is Cc1cccc(NC(=O)/C(C#N)=C\N2CCN(c3cccc(C)c3C)CC2)c1. The van der Waals surface area contributed by atoms with Crippen LogP contribution in [0, 0.1) is 32.1 Å². The van der Waals surface area contributed by atoms with Crippen molar-refractivity contribution in [2.24, 2.45) is 0 Å². The van der Waals surface area contributed by atoms with Crippen LogP contribution in [0.2, 0.25) is 0 Å². The zero-order valence-electron chi connectivity index (χ0n) is 16.7. The number of carbonyl (C=O) groups is 1. The number of nitrogens with zero attached hydrogens (tertiary/aromatic N) is 3. The van der Waals surface area contributed by atoms with E-state index in [0.29, 0.717) is 5.69 Å². The van der Waals surface area contributed by atoms with Gasteiger partial charge in [0, 0.05) is 43.8 Å². The molecule has 0 radical (unpaired) electrons. The lowest BCUT2D eigenvalue weighted by Crippen LogP contribution is -2.44. The van der Waals surface area contributed by atoms with Crippen LogP contribution in [-0.4, -0.2) is 37.0 Å². The molecule has 0 spiro atoms.